The van der Waals surface area contributed by atoms with Gasteiger partial charge >= 0.3 is 0 Å². The smallest absolute Gasteiger partial charge is 0.165 e. The Hall–Kier alpha value is -2.23. The van der Waals surface area contributed by atoms with E-state index in [-0.39, 0.29) is 23.4 Å². The molecule has 20 heavy (non-hydrogen) atoms. The molecule has 106 valence electrons. The largest absolute Gasteiger partial charge is 0.508 e. The first-order chi connectivity index (χ1) is 9.51. The summed E-state index contributed by atoms with van der Waals surface area (Å²) in [5.41, 5.74) is 2.54. The van der Waals surface area contributed by atoms with Crippen LogP contribution in [0.1, 0.15) is 24.1 Å². The molecule has 3 nitrogen and oxygen atoms in total. The fourth-order valence-corrected chi connectivity index (χ4v) is 1.98. The number of phenolic OH excluding ortho intramolecular Hbond substituents is 1. The molecule has 0 spiro atoms. The van der Waals surface area contributed by atoms with Gasteiger partial charge < -0.3 is 15.2 Å². The summed E-state index contributed by atoms with van der Waals surface area (Å²) in [6.45, 7) is 3.80. The predicted octanol–water partition coefficient (Wildman–Crippen LogP) is 4.02. The Balaban J connectivity index is 2.19. The van der Waals surface area contributed by atoms with Gasteiger partial charge in [0.25, 0.3) is 0 Å². The van der Waals surface area contributed by atoms with Gasteiger partial charge in [-0.25, -0.2) is 4.39 Å². The third-order valence-electron chi connectivity index (χ3n) is 3.27. The quantitative estimate of drug-likeness (QED) is 0.885. The van der Waals surface area contributed by atoms with Gasteiger partial charge in [-0.1, -0.05) is 12.1 Å². The molecule has 0 aliphatic rings. The summed E-state index contributed by atoms with van der Waals surface area (Å²) in [6, 6.07) is 10.1. The second-order valence-electron chi connectivity index (χ2n) is 4.76. The van der Waals surface area contributed by atoms with E-state index < -0.39 is 0 Å². The van der Waals surface area contributed by atoms with Crippen molar-refractivity contribution in [2.75, 3.05) is 12.4 Å². The summed E-state index contributed by atoms with van der Waals surface area (Å²) in [5.74, 6) is 0.0956. The van der Waals surface area contributed by atoms with E-state index in [9.17, 15) is 9.50 Å². The summed E-state index contributed by atoms with van der Waals surface area (Å²) < 4.78 is 18.4. The topological polar surface area (TPSA) is 41.5 Å². The number of methoxy groups -OCH3 is 1. The molecule has 0 radical (unpaired) electrons. The van der Waals surface area contributed by atoms with Crippen LogP contribution in [0.15, 0.2) is 36.4 Å². The molecular formula is C16H18FNO2. The summed E-state index contributed by atoms with van der Waals surface area (Å²) in [4.78, 5) is 0. The second kappa shape index (κ2) is 5.82. The van der Waals surface area contributed by atoms with Gasteiger partial charge in [0.2, 0.25) is 0 Å². The van der Waals surface area contributed by atoms with Crippen LogP contribution in [0.2, 0.25) is 0 Å². The SMILES string of the molecule is COc1cc(C(C)Nc2ccc(C)c(O)c2)ccc1F. The van der Waals surface area contributed by atoms with Gasteiger partial charge in [-0.05, 0) is 43.2 Å². The highest BCUT2D eigenvalue weighted by atomic mass is 19.1. The minimum absolute atomic E-state index is 0.0355. The highest BCUT2D eigenvalue weighted by Gasteiger charge is 2.10. The summed E-state index contributed by atoms with van der Waals surface area (Å²) in [5, 5.41) is 13.0. The van der Waals surface area contributed by atoms with Crippen molar-refractivity contribution in [1.29, 1.82) is 0 Å². The van der Waals surface area contributed by atoms with E-state index in [1.54, 1.807) is 18.2 Å². The number of rotatable bonds is 4. The van der Waals surface area contributed by atoms with Crippen LogP contribution < -0.4 is 10.1 Å². The second-order valence-corrected chi connectivity index (χ2v) is 4.76. The number of ether oxygens (including phenoxy) is 1. The van der Waals surface area contributed by atoms with Gasteiger partial charge in [-0.3, -0.25) is 0 Å². The number of hydrogen-bond acceptors (Lipinski definition) is 3. The van der Waals surface area contributed by atoms with Crippen molar-refractivity contribution in [2.24, 2.45) is 0 Å². The van der Waals surface area contributed by atoms with Gasteiger partial charge in [0.15, 0.2) is 11.6 Å². The lowest BCUT2D eigenvalue weighted by Gasteiger charge is -2.17. The molecule has 2 rings (SSSR count). The van der Waals surface area contributed by atoms with E-state index in [1.165, 1.54) is 13.2 Å². The predicted molar refractivity (Wildman–Crippen MR) is 77.8 cm³/mol. The molecule has 0 fully saturated rings. The molecule has 4 heteroatoms. The zero-order valence-electron chi connectivity index (χ0n) is 11.8. The third kappa shape index (κ3) is 3.02. The zero-order chi connectivity index (χ0) is 14.7. The summed E-state index contributed by atoms with van der Waals surface area (Å²) in [7, 11) is 1.44. The van der Waals surface area contributed by atoms with Crippen molar-refractivity contribution in [3.8, 4) is 11.5 Å². The fourth-order valence-electron chi connectivity index (χ4n) is 1.98. The van der Waals surface area contributed by atoms with Crippen molar-refractivity contribution in [3.63, 3.8) is 0 Å². The van der Waals surface area contributed by atoms with Crippen molar-refractivity contribution < 1.29 is 14.2 Å². The Labute approximate surface area is 118 Å². The van der Waals surface area contributed by atoms with Crippen molar-refractivity contribution in [1.82, 2.24) is 0 Å². The average molecular weight is 275 g/mol. The van der Waals surface area contributed by atoms with Crippen molar-refractivity contribution in [2.45, 2.75) is 19.9 Å². The Morgan fingerprint density at radius 1 is 1.20 bits per heavy atom. The van der Waals surface area contributed by atoms with Crippen LogP contribution in [0.4, 0.5) is 10.1 Å². The highest BCUT2D eigenvalue weighted by molar-refractivity contribution is 5.52. The third-order valence-corrected chi connectivity index (χ3v) is 3.27. The van der Waals surface area contributed by atoms with Crippen LogP contribution in [0.5, 0.6) is 11.5 Å². The first kappa shape index (κ1) is 14.2. The number of benzene rings is 2. The van der Waals surface area contributed by atoms with E-state index in [2.05, 4.69) is 5.32 Å². The number of nitrogens with one attached hydrogen (secondary N) is 1. The molecule has 0 amide bonds. The Morgan fingerprint density at radius 2 is 1.95 bits per heavy atom. The van der Waals surface area contributed by atoms with Crippen LogP contribution in [-0.4, -0.2) is 12.2 Å². The number of hydrogen-bond donors (Lipinski definition) is 2. The molecule has 0 heterocycles. The molecule has 0 aliphatic heterocycles. The molecule has 2 aromatic carbocycles. The van der Waals surface area contributed by atoms with E-state index in [0.717, 1.165) is 16.8 Å². The van der Waals surface area contributed by atoms with E-state index in [1.807, 2.05) is 26.0 Å². The molecule has 1 atom stereocenters. The lowest BCUT2D eigenvalue weighted by Crippen LogP contribution is -2.07. The zero-order valence-corrected chi connectivity index (χ0v) is 11.8. The molecular weight excluding hydrogens is 257 g/mol. The van der Waals surface area contributed by atoms with Crippen LogP contribution in [0.25, 0.3) is 0 Å². The maximum Gasteiger partial charge on any atom is 0.165 e. The number of halogens is 1. The van der Waals surface area contributed by atoms with E-state index >= 15 is 0 Å². The van der Waals surface area contributed by atoms with E-state index in [0.29, 0.717) is 0 Å². The van der Waals surface area contributed by atoms with Gasteiger partial charge in [0.05, 0.1) is 7.11 Å². The normalized spacial score (nSPS) is 12.0. The number of aromatic hydroxyl groups is 1. The minimum atomic E-state index is -0.378. The van der Waals surface area contributed by atoms with Gasteiger partial charge in [-0.2, -0.15) is 0 Å². The molecule has 2 aromatic rings. The summed E-state index contributed by atoms with van der Waals surface area (Å²) >= 11 is 0. The Morgan fingerprint density at radius 3 is 2.60 bits per heavy atom. The molecule has 0 bridgehead atoms. The van der Waals surface area contributed by atoms with Gasteiger partial charge in [0.1, 0.15) is 5.75 Å². The fraction of sp³-hybridized carbons (Fsp3) is 0.250. The van der Waals surface area contributed by atoms with Crippen molar-refractivity contribution >= 4 is 5.69 Å². The standard InChI is InChI=1S/C16H18FNO2/c1-10-4-6-13(9-15(10)19)18-11(2)12-5-7-14(17)16(8-12)20-3/h4-9,11,18-19H,1-3H3. The minimum Gasteiger partial charge on any atom is -0.508 e. The van der Waals surface area contributed by atoms with Crippen LogP contribution in [0.3, 0.4) is 0 Å². The average Bonchev–Trinajstić information content (AvgIpc) is 2.43. The number of phenols is 1. The first-order valence-electron chi connectivity index (χ1n) is 6.41. The number of aryl methyl sites for hydroxylation is 1. The monoisotopic (exact) mass is 275 g/mol. The lowest BCUT2D eigenvalue weighted by molar-refractivity contribution is 0.385. The van der Waals surface area contributed by atoms with E-state index in [4.69, 9.17) is 4.74 Å². The maximum absolute atomic E-state index is 13.4. The van der Waals surface area contributed by atoms with Crippen LogP contribution in [0, 0.1) is 12.7 Å². The summed E-state index contributed by atoms with van der Waals surface area (Å²) in [6.07, 6.45) is 0. The van der Waals surface area contributed by atoms with Crippen LogP contribution in [-0.2, 0) is 0 Å². The highest BCUT2D eigenvalue weighted by Crippen LogP contribution is 2.27. The molecule has 2 N–H and O–H groups in total. The van der Waals surface area contributed by atoms with Gasteiger partial charge in [0, 0.05) is 17.8 Å². The Bertz CT molecular complexity index is 613. The molecule has 0 saturated heterocycles. The number of anilines is 1. The first-order valence-corrected chi connectivity index (χ1v) is 6.41. The van der Waals surface area contributed by atoms with Crippen LogP contribution >= 0.6 is 0 Å². The molecule has 0 aromatic heterocycles. The maximum atomic E-state index is 13.4. The molecule has 0 saturated carbocycles. The van der Waals surface area contributed by atoms with Gasteiger partial charge in [-0.15, -0.1) is 0 Å². The molecule has 0 aliphatic carbocycles. The Kier molecular flexibility index (Phi) is 4.13. The molecule has 1 unspecified atom stereocenters. The lowest BCUT2D eigenvalue weighted by atomic mass is 10.1. The van der Waals surface area contributed by atoms with Crippen molar-refractivity contribution in [3.05, 3.63) is 53.3 Å².